The molecule has 150 valence electrons. The molecule has 0 aromatic heterocycles. The highest BCUT2D eigenvalue weighted by molar-refractivity contribution is 6.68. The van der Waals surface area contributed by atoms with Gasteiger partial charge in [0.15, 0.2) is 0 Å². The maximum absolute atomic E-state index is 12.0. The third-order valence-electron chi connectivity index (χ3n) is 3.50. The number of benzene rings is 2. The fourth-order valence-corrected chi connectivity index (χ4v) is 2.51. The van der Waals surface area contributed by atoms with Gasteiger partial charge in [0.1, 0.15) is 5.75 Å². The first kappa shape index (κ1) is 22.3. The smallest absolute Gasteiger partial charge is 0.246 e. The van der Waals surface area contributed by atoms with E-state index in [2.05, 4.69) is 15.8 Å². The molecule has 0 bridgehead atoms. The zero-order valence-corrected chi connectivity index (χ0v) is 17.8. The second kappa shape index (κ2) is 10.6. The summed E-state index contributed by atoms with van der Waals surface area (Å²) in [7, 11) is 0. The van der Waals surface area contributed by atoms with Crippen LogP contribution in [0.1, 0.15) is 25.8 Å². The molecule has 1 unspecified atom stereocenters. The van der Waals surface area contributed by atoms with Crippen molar-refractivity contribution < 1.29 is 9.53 Å². The fraction of sp³-hybridized carbons (Fsp3) is 0.300. The first-order chi connectivity index (χ1) is 13.2. The van der Waals surface area contributed by atoms with E-state index in [0.717, 1.165) is 11.3 Å². The summed E-state index contributed by atoms with van der Waals surface area (Å²) in [6.45, 7) is 3.86. The van der Waals surface area contributed by atoms with Crippen LogP contribution in [0.2, 0.25) is 0 Å². The molecule has 0 aliphatic heterocycles. The van der Waals surface area contributed by atoms with Crippen LogP contribution in [0.5, 0.6) is 5.75 Å². The van der Waals surface area contributed by atoms with Gasteiger partial charge < -0.3 is 10.1 Å². The molecule has 0 fully saturated rings. The van der Waals surface area contributed by atoms with Crippen LogP contribution in [0.15, 0.2) is 59.7 Å². The largest absolute Gasteiger partial charge is 0.466 e. The number of amides is 1. The summed E-state index contributed by atoms with van der Waals surface area (Å²) in [6, 6.07) is 16.6. The Kier molecular flexibility index (Phi) is 8.42. The van der Waals surface area contributed by atoms with E-state index in [1.165, 1.54) is 0 Å². The van der Waals surface area contributed by atoms with Crippen molar-refractivity contribution in [1.29, 1.82) is 0 Å². The highest BCUT2D eigenvalue weighted by Gasteiger charge is 2.36. The molecule has 0 saturated carbocycles. The molecular weight excluding hydrogens is 421 g/mol. The van der Waals surface area contributed by atoms with Gasteiger partial charge in [0.05, 0.1) is 11.9 Å². The lowest BCUT2D eigenvalue weighted by Gasteiger charge is -2.26. The Balaban J connectivity index is 1.97. The van der Waals surface area contributed by atoms with Gasteiger partial charge in [-0.2, -0.15) is 5.10 Å². The summed E-state index contributed by atoms with van der Waals surface area (Å²) >= 11 is 17.8. The minimum absolute atomic E-state index is 0.180. The third-order valence-corrected chi connectivity index (χ3v) is 4.09. The monoisotopic (exact) mass is 441 g/mol. The van der Waals surface area contributed by atoms with Crippen LogP contribution >= 0.6 is 34.8 Å². The molecule has 1 atom stereocenters. The molecule has 0 aliphatic carbocycles. The normalized spacial score (nSPS) is 12.8. The van der Waals surface area contributed by atoms with E-state index in [1.807, 2.05) is 44.2 Å². The van der Waals surface area contributed by atoms with Crippen molar-refractivity contribution in [3.05, 3.63) is 60.2 Å². The van der Waals surface area contributed by atoms with E-state index >= 15 is 0 Å². The lowest BCUT2D eigenvalue weighted by molar-refractivity contribution is -0.124. The predicted octanol–water partition coefficient (Wildman–Crippen LogP) is 5.37. The second-order valence-corrected chi connectivity index (χ2v) is 8.88. The Bertz CT molecular complexity index is 776. The van der Waals surface area contributed by atoms with Gasteiger partial charge in [-0.25, -0.2) is 0 Å². The summed E-state index contributed by atoms with van der Waals surface area (Å²) in [5, 5.41) is 6.78. The standard InChI is InChI=1S/C20H22Cl3N3O2/c1-14(2)12-18(27)25-19(20(21,22)23)28-17-10-8-15(9-11-17)13-24-26-16-6-4-3-5-7-16/h3-11,13-14,19,26H,12H2,1-2H3,(H,25,27). The zero-order valence-electron chi connectivity index (χ0n) is 15.5. The van der Waals surface area contributed by atoms with E-state index in [1.54, 1.807) is 30.5 Å². The average Bonchev–Trinajstić information content (AvgIpc) is 2.62. The molecule has 2 N–H and O–H groups in total. The number of hydrazone groups is 1. The average molecular weight is 443 g/mol. The number of rotatable bonds is 8. The number of para-hydroxylation sites is 1. The molecule has 0 aliphatic rings. The van der Waals surface area contributed by atoms with Gasteiger partial charge in [-0.15, -0.1) is 0 Å². The fourth-order valence-electron chi connectivity index (χ4n) is 2.22. The van der Waals surface area contributed by atoms with Crippen LogP contribution < -0.4 is 15.5 Å². The van der Waals surface area contributed by atoms with Crippen molar-refractivity contribution in [2.75, 3.05) is 5.43 Å². The van der Waals surface area contributed by atoms with Crippen LogP contribution in [-0.4, -0.2) is 22.1 Å². The summed E-state index contributed by atoms with van der Waals surface area (Å²) < 4.78 is 3.86. The highest BCUT2D eigenvalue weighted by Crippen LogP contribution is 2.32. The summed E-state index contributed by atoms with van der Waals surface area (Å²) in [5.74, 6) is 0.385. The van der Waals surface area contributed by atoms with E-state index in [9.17, 15) is 4.79 Å². The highest BCUT2D eigenvalue weighted by atomic mass is 35.6. The van der Waals surface area contributed by atoms with Gasteiger partial charge in [-0.05, 0) is 47.9 Å². The lowest BCUT2D eigenvalue weighted by atomic mass is 10.1. The number of carbonyl (C=O) groups excluding carboxylic acids is 1. The first-order valence-electron chi connectivity index (χ1n) is 8.71. The second-order valence-electron chi connectivity index (χ2n) is 6.51. The summed E-state index contributed by atoms with van der Waals surface area (Å²) in [6.07, 6.45) is 0.876. The van der Waals surface area contributed by atoms with Gasteiger partial charge in [-0.1, -0.05) is 66.8 Å². The number of hydrogen-bond donors (Lipinski definition) is 2. The van der Waals surface area contributed by atoms with Crippen LogP contribution in [0.25, 0.3) is 0 Å². The van der Waals surface area contributed by atoms with E-state index in [0.29, 0.717) is 12.2 Å². The topological polar surface area (TPSA) is 62.7 Å². The maximum Gasteiger partial charge on any atom is 0.246 e. The third kappa shape index (κ3) is 7.97. The van der Waals surface area contributed by atoms with E-state index < -0.39 is 10.0 Å². The minimum atomic E-state index is -1.81. The number of nitrogens with zero attached hydrogens (tertiary/aromatic N) is 1. The predicted molar refractivity (Wildman–Crippen MR) is 116 cm³/mol. The van der Waals surface area contributed by atoms with Gasteiger partial charge in [-0.3, -0.25) is 10.2 Å². The van der Waals surface area contributed by atoms with Crippen molar-refractivity contribution in [1.82, 2.24) is 5.32 Å². The van der Waals surface area contributed by atoms with Crippen molar-refractivity contribution in [2.45, 2.75) is 30.3 Å². The van der Waals surface area contributed by atoms with Crippen molar-refractivity contribution >= 4 is 52.6 Å². The number of carbonyl (C=O) groups is 1. The summed E-state index contributed by atoms with van der Waals surface area (Å²) in [5.41, 5.74) is 4.68. The molecule has 2 aromatic rings. The van der Waals surface area contributed by atoms with Crippen molar-refractivity contribution in [3.8, 4) is 5.75 Å². The molecule has 0 heterocycles. The van der Waals surface area contributed by atoms with Gasteiger partial charge in [0.25, 0.3) is 0 Å². The first-order valence-corrected chi connectivity index (χ1v) is 9.84. The Morgan fingerprint density at radius 3 is 2.32 bits per heavy atom. The number of hydrogen-bond acceptors (Lipinski definition) is 4. The molecule has 0 saturated heterocycles. The van der Waals surface area contributed by atoms with E-state index in [4.69, 9.17) is 39.5 Å². The Morgan fingerprint density at radius 1 is 1.11 bits per heavy atom. The van der Waals surface area contributed by atoms with Gasteiger partial charge in [0.2, 0.25) is 15.9 Å². The summed E-state index contributed by atoms with van der Waals surface area (Å²) in [4.78, 5) is 12.0. The number of alkyl halides is 3. The van der Waals surface area contributed by atoms with Crippen LogP contribution in [0, 0.1) is 5.92 Å². The number of nitrogens with one attached hydrogen (secondary N) is 2. The SMILES string of the molecule is CC(C)CC(=O)NC(Oc1ccc(C=NNc2ccccc2)cc1)C(Cl)(Cl)Cl. The van der Waals surface area contributed by atoms with Crippen LogP contribution in [0.4, 0.5) is 5.69 Å². The van der Waals surface area contributed by atoms with E-state index in [-0.39, 0.29) is 11.8 Å². The maximum atomic E-state index is 12.0. The Labute approximate surface area is 180 Å². The van der Waals surface area contributed by atoms with Crippen LogP contribution in [-0.2, 0) is 4.79 Å². The van der Waals surface area contributed by atoms with Crippen LogP contribution in [0.3, 0.4) is 0 Å². The van der Waals surface area contributed by atoms with Crippen molar-refractivity contribution in [3.63, 3.8) is 0 Å². The number of halogens is 3. The molecule has 0 radical (unpaired) electrons. The number of anilines is 1. The molecule has 1 amide bonds. The molecule has 28 heavy (non-hydrogen) atoms. The quantitative estimate of drug-likeness (QED) is 0.250. The number of ether oxygens (including phenoxy) is 1. The molecule has 5 nitrogen and oxygen atoms in total. The Hall–Kier alpha value is -1.95. The van der Waals surface area contributed by atoms with Gasteiger partial charge in [0, 0.05) is 6.42 Å². The van der Waals surface area contributed by atoms with Crippen molar-refractivity contribution in [2.24, 2.45) is 11.0 Å². The molecule has 2 aromatic carbocycles. The molecule has 2 rings (SSSR count). The molecule has 0 spiro atoms. The lowest BCUT2D eigenvalue weighted by Crippen LogP contribution is -2.48. The molecule has 8 heteroatoms. The Morgan fingerprint density at radius 2 is 1.75 bits per heavy atom. The van der Waals surface area contributed by atoms with Gasteiger partial charge >= 0.3 is 0 Å². The minimum Gasteiger partial charge on any atom is -0.466 e. The zero-order chi connectivity index (χ0) is 20.6. The molecular formula is C20H22Cl3N3O2.